The Morgan fingerprint density at radius 1 is 0.271 bits per heavy atom. The second-order valence-corrected chi connectivity index (χ2v) is 31.1. The van der Waals surface area contributed by atoms with Crippen LogP contribution in [0.4, 0.5) is 0 Å². The Bertz CT molecular complexity index is 2480. The second kappa shape index (κ2) is 81.2. The van der Waals surface area contributed by atoms with Crippen molar-refractivity contribution < 1.29 is 75.8 Å². The molecule has 107 heavy (non-hydrogen) atoms. The van der Waals surface area contributed by atoms with Gasteiger partial charge in [-0.15, -0.1) is 0 Å². The highest BCUT2D eigenvalue weighted by atomic mass is 31.2. The first-order valence-electron chi connectivity index (χ1n) is 42.5. The molecule has 0 amide bonds. The molecule has 0 spiro atoms. The third-order valence-corrected chi connectivity index (χ3v) is 19.8. The average Bonchev–Trinajstić information content (AvgIpc) is 0.905. The Morgan fingerprint density at radius 3 is 0.785 bits per heavy atom. The number of aliphatic hydroxyl groups is 2. The first-order valence-corrected chi connectivity index (χ1v) is 45.5. The molecule has 616 valence electrons. The number of carbonyl (C=O) groups is 3. The van der Waals surface area contributed by atoms with Crippen molar-refractivity contribution in [2.24, 2.45) is 0 Å². The van der Waals surface area contributed by atoms with Crippen LogP contribution in [-0.4, -0.2) is 95.9 Å². The van der Waals surface area contributed by atoms with Crippen LogP contribution in [0.1, 0.15) is 355 Å². The lowest BCUT2D eigenvalue weighted by Gasteiger charge is -2.21. The minimum absolute atomic E-state index is 0.104. The fraction of sp³-hybridized carbons (Fsp3) is 0.719. The highest BCUT2D eigenvalue weighted by Gasteiger charge is 2.29. The molecule has 16 nitrogen and oxygen atoms in total. The number of unbranched alkanes of at least 4 members (excludes halogenated alkanes) is 35. The van der Waals surface area contributed by atoms with Crippen molar-refractivity contribution in [1.29, 1.82) is 0 Å². The smallest absolute Gasteiger partial charge is 0.463 e. The topological polar surface area (TPSA) is 231 Å². The van der Waals surface area contributed by atoms with Gasteiger partial charge in [-0.25, -0.2) is 9.13 Å². The van der Waals surface area contributed by atoms with Crippen molar-refractivity contribution in [2.45, 2.75) is 373 Å². The zero-order valence-electron chi connectivity index (χ0n) is 67.5. The fourth-order valence-corrected chi connectivity index (χ4v) is 13.1. The lowest BCUT2D eigenvalue weighted by Crippen LogP contribution is -2.30. The van der Waals surface area contributed by atoms with Crippen LogP contribution in [-0.2, 0) is 55.8 Å². The molecule has 0 aromatic heterocycles. The summed E-state index contributed by atoms with van der Waals surface area (Å²) >= 11 is 0. The van der Waals surface area contributed by atoms with Crippen LogP contribution >= 0.6 is 15.6 Å². The standard InChI is InChI=1S/C89H154O16P2/c1-4-7-10-13-16-19-22-24-26-28-30-32-34-36-38-39-40-41-42-43-45-47-48-50-52-54-56-58-61-63-66-69-72-75-87(92)99-78-84(90)79-101-106(95,96)102-80-85(91)81-103-107(97,98)104-83-86(105-89(94)77-74-71-68-65-60-21-18-15-12-9-6-3)82-100-88(93)76-73-70-67-64-62-59-57-55-53-51-49-46-44-37-35-33-31-29-27-25-23-20-17-14-11-8-5-2/h7-8,10-11,16-17,19-20,24-27,30-33,36-38,44,49,51,84-86,90-91H,4-6,9,12-15,18,21-23,28-29,34-35,39-43,45-48,50,52-83H2,1-3H3,(H,95,96)(H,97,98)/b10-7-,11-8-,19-16-,20-17-,26-24-,27-25-,32-30-,33-31-,38-36-,44-37-,51-49-. The van der Waals surface area contributed by atoms with Crippen molar-refractivity contribution >= 4 is 33.6 Å². The minimum Gasteiger partial charge on any atom is -0.463 e. The van der Waals surface area contributed by atoms with Gasteiger partial charge in [0.2, 0.25) is 0 Å². The van der Waals surface area contributed by atoms with Gasteiger partial charge in [0.1, 0.15) is 25.4 Å². The molecule has 5 atom stereocenters. The largest absolute Gasteiger partial charge is 0.472 e. The van der Waals surface area contributed by atoms with Gasteiger partial charge in [-0.3, -0.25) is 32.5 Å². The summed E-state index contributed by atoms with van der Waals surface area (Å²) in [7, 11) is -9.79. The number of hydrogen-bond acceptors (Lipinski definition) is 14. The van der Waals surface area contributed by atoms with Gasteiger partial charge >= 0.3 is 33.6 Å². The molecule has 0 saturated heterocycles. The lowest BCUT2D eigenvalue weighted by molar-refractivity contribution is -0.161. The normalized spacial score (nSPS) is 14.6. The zero-order valence-corrected chi connectivity index (χ0v) is 69.3. The highest BCUT2D eigenvalue weighted by molar-refractivity contribution is 7.47. The Labute approximate surface area is 652 Å². The van der Waals surface area contributed by atoms with E-state index in [1.165, 1.54) is 148 Å². The van der Waals surface area contributed by atoms with E-state index in [0.29, 0.717) is 19.3 Å². The molecule has 4 N–H and O–H groups in total. The first-order chi connectivity index (χ1) is 52.2. The van der Waals surface area contributed by atoms with Gasteiger partial charge in [0, 0.05) is 19.3 Å². The quantitative estimate of drug-likeness (QED) is 0.0146. The number of allylic oxidation sites excluding steroid dienone is 22. The molecule has 0 fully saturated rings. The van der Waals surface area contributed by atoms with Crippen molar-refractivity contribution in [3.8, 4) is 0 Å². The predicted octanol–water partition coefficient (Wildman–Crippen LogP) is 25.4. The van der Waals surface area contributed by atoms with E-state index >= 15 is 0 Å². The Hall–Kier alpha value is -4.31. The van der Waals surface area contributed by atoms with Crippen LogP contribution < -0.4 is 0 Å². The summed E-state index contributed by atoms with van der Waals surface area (Å²) in [6.07, 6.45) is 99.5. The summed E-state index contributed by atoms with van der Waals surface area (Å²) in [5.41, 5.74) is 0. The van der Waals surface area contributed by atoms with Gasteiger partial charge in [-0.2, -0.15) is 0 Å². The number of hydrogen-bond donors (Lipinski definition) is 4. The van der Waals surface area contributed by atoms with Crippen LogP contribution in [0.3, 0.4) is 0 Å². The van der Waals surface area contributed by atoms with E-state index in [-0.39, 0.29) is 19.3 Å². The number of ether oxygens (including phenoxy) is 3. The third kappa shape index (κ3) is 82.5. The molecule has 5 unspecified atom stereocenters. The zero-order chi connectivity index (χ0) is 78.0. The molecule has 0 heterocycles. The molecule has 0 bridgehead atoms. The summed E-state index contributed by atoms with van der Waals surface area (Å²) in [5.74, 6) is -1.57. The van der Waals surface area contributed by atoms with Crippen molar-refractivity contribution in [2.75, 3.05) is 39.6 Å². The average molecular weight is 1540 g/mol. The van der Waals surface area contributed by atoms with E-state index in [0.717, 1.165) is 148 Å². The van der Waals surface area contributed by atoms with Crippen LogP contribution in [0.15, 0.2) is 134 Å². The highest BCUT2D eigenvalue weighted by Crippen LogP contribution is 2.45. The molecule has 0 radical (unpaired) electrons. The van der Waals surface area contributed by atoms with Crippen molar-refractivity contribution in [3.05, 3.63) is 134 Å². The molecular weight excluding hydrogens is 1390 g/mol. The Morgan fingerprint density at radius 2 is 0.495 bits per heavy atom. The molecule has 0 saturated carbocycles. The molecule has 0 aliphatic carbocycles. The summed E-state index contributed by atoms with van der Waals surface area (Å²) < 4.78 is 61.2. The number of carbonyl (C=O) groups excluding carboxylic acids is 3. The summed E-state index contributed by atoms with van der Waals surface area (Å²) in [5, 5.41) is 20.7. The number of esters is 3. The number of aliphatic hydroxyl groups excluding tert-OH is 2. The maximum absolute atomic E-state index is 12.9. The van der Waals surface area contributed by atoms with Crippen LogP contribution in [0.5, 0.6) is 0 Å². The second-order valence-electron chi connectivity index (χ2n) is 28.2. The van der Waals surface area contributed by atoms with E-state index in [9.17, 15) is 43.5 Å². The maximum atomic E-state index is 12.9. The molecule has 0 rings (SSSR count). The molecule has 18 heteroatoms. The van der Waals surface area contributed by atoms with Crippen molar-refractivity contribution in [3.63, 3.8) is 0 Å². The molecular formula is C89H154O16P2. The number of rotatable bonds is 80. The van der Waals surface area contributed by atoms with Crippen molar-refractivity contribution in [1.82, 2.24) is 0 Å². The summed E-state index contributed by atoms with van der Waals surface area (Å²) in [4.78, 5) is 58.7. The Balaban J connectivity index is 4.38. The lowest BCUT2D eigenvalue weighted by atomic mass is 10.0. The van der Waals surface area contributed by atoms with E-state index in [2.05, 4.69) is 154 Å². The van der Waals surface area contributed by atoms with Gasteiger partial charge < -0.3 is 34.2 Å². The van der Waals surface area contributed by atoms with E-state index in [1.807, 2.05) is 0 Å². The van der Waals surface area contributed by atoms with Gasteiger partial charge in [-0.1, -0.05) is 353 Å². The molecule has 0 aliphatic rings. The predicted molar refractivity (Wildman–Crippen MR) is 445 cm³/mol. The number of phosphoric acid groups is 2. The Kier molecular flexibility index (Phi) is 77.9. The summed E-state index contributed by atoms with van der Waals surface area (Å²) in [6, 6.07) is 0. The fourth-order valence-electron chi connectivity index (χ4n) is 11.5. The van der Waals surface area contributed by atoms with E-state index < -0.39 is 91.5 Å². The monoisotopic (exact) mass is 1540 g/mol. The van der Waals surface area contributed by atoms with Crippen LogP contribution in [0, 0.1) is 0 Å². The first kappa shape index (κ1) is 103. The van der Waals surface area contributed by atoms with Gasteiger partial charge in [0.15, 0.2) is 6.10 Å². The van der Waals surface area contributed by atoms with Crippen LogP contribution in [0.2, 0.25) is 0 Å². The van der Waals surface area contributed by atoms with Gasteiger partial charge in [-0.05, 0) is 116 Å². The molecule has 0 aromatic carbocycles. The van der Waals surface area contributed by atoms with Gasteiger partial charge in [0.25, 0.3) is 0 Å². The number of phosphoric ester groups is 2. The van der Waals surface area contributed by atoms with Crippen LogP contribution in [0.25, 0.3) is 0 Å². The third-order valence-electron chi connectivity index (χ3n) is 17.9. The summed E-state index contributed by atoms with van der Waals surface area (Å²) in [6.45, 7) is 2.47. The maximum Gasteiger partial charge on any atom is 0.472 e. The van der Waals surface area contributed by atoms with E-state index in [4.69, 9.17) is 32.3 Å². The SMILES string of the molecule is CC/C=C\C/C=C\C/C=C\C/C=C\C/C=C\C/C=C\CCCCCCCCCCC(=O)OCC(COP(=O)(O)OCC(O)COP(=O)(O)OCC(O)COC(=O)CCCCCCCCCCCCCCCCCCC/C=C\C/C=C\C/C=C\C/C=C\C/C=C\CC)OC(=O)CCCCCCCCCCCCC. The molecule has 0 aromatic rings. The van der Waals surface area contributed by atoms with Gasteiger partial charge in [0.05, 0.1) is 26.4 Å². The minimum atomic E-state index is -4.93. The van der Waals surface area contributed by atoms with E-state index in [1.54, 1.807) is 0 Å². The molecule has 0 aliphatic heterocycles.